The molecule has 2 aromatic rings. The van der Waals surface area contributed by atoms with Gasteiger partial charge in [0.1, 0.15) is 11.6 Å². The van der Waals surface area contributed by atoms with Gasteiger partial charge >= 0.3 is 0 Å². The second kappa shape index (κ2) is 8.20. The number of fused-ring (bicyclic) bond motifs is 1. The van der Waals surface area contributed by atoms with Crippen molar-refractivity contribution < 1.29 is 4.79 Å². The summed E-state index contributed by atoms with van der Waals surface area (Å²) in [5.74, 6) is -0.396. The molecule has 0 atom stereocenters. The topological polar surface area (TPSA) is 56.1 Å². The van der Waals surface area contributed by atoms with Gasteiger partial charge in [-0.3, -0.25) is 4.79 Å². The largest absolute Gasteiger partial charge is 0.363 e. The van der Waals surface area contributed by atoms with Crippen LogP contribution >= 0.6 is 0 Å². The maximum Gasteiger partial charge on any atom is 0.266 e. The maximum absolute atomic E-state index is 12.7. The van der Waals surface area contributed by atoms with Crippen molar-refractivity contribution in [3.63, 3.8) is 0 Å². The van der Waals surface area contributed by atoms with Crippen LogP contribution in [-0.4, -0.2) is 18.0 Å². The van der Waals surface area contributed by atoms with Crippen LogP contribution in [0.5, 0.6) is 0 Å². The van der Waals surface area contributed by atoms with Gasteiger partial charge in [0.15, 0.2) is 0 Å². The molecule has 2 aromatic carbocycles. The molecule has 0 spiro atoms. The summed E-state index contributed by atoms with van der Waals surface area (Å²) in [4.78, 5) is 15.1. The molecule has 1 N–H and O–H groups in total. The van der Waals surface area contributed by atoms with Gasteiger partial charge in [0.25, 0.3) is 5.91 Å². The predicted molar refractivity (Wildman–Crippen MR) is 125 cm³/mol. The lowest BCUT2D eigenvalue weighted by Crippen LogP contribution is -2.44. The van der Waals surface area contributed by atoms with E-state index in [-0.39, 0.29) is 11.1 Å². The third-order valence-corrected chi connectivity index (χ3v) is 5.85. The van der Waals surface area contributed by atoms with Crippen LogP contribution in [0.4, 0.5) is 11.4 Å². The standard InChI is InChI=1S/C26H29N3O/c1-7-29-24-12-11-20(14-22(24)18(3)15-26(29,5)6)13-21(16-27)25(30)28-23-10-8-9-17(2)19(23)4/h8-15H,7H2,1-6H3,(H,28,30)/b21-13+. The summed E-state index contributed by atoms with van der Waals surface area (Å²) in [7, 11) is 0. The minimum absolute atomic E-state index is 0.0490. The first-order chi connectivity index (χ1) is 14.2. The molecule has 1 heterocycles. The lowest BCUT2D eigenvalue weighted by molar-refractivity contribution is -0.112. The van der Waals surface area contributed by atoms with Crippen LogP contribution in [0.15, 0.2) is 48.0 Å². The molecule has 154 valence electrons. The Balaban J connectivity index is 1.94. The van der Waals surface area contributed by atoms with E-state index in [2.05, 4.69) is 62.2 Å². The van der Waals surface area contributed by atoms with Gasteiger partial charge < -0.3 is 10.2 Å². The first-order valence-electron chi connectivity index (χ1n) is 10.3. The first-order valence-corrected chi connectivity index (χ1v) is 10.3. The molecule has 0 unspecified atom stereocenters. The third kappa shape index (κ3) is 4.02. The molecule has 0 aliphatic carbocycles. The zero-order chi connectivity index (χ0) is 22.1. The summed E-state index contributed by atoms with van der Waals surface area (Å²) in [5.41, 5.74) is 7.21. The summed E-state index contributed by atoms with van der Waals surface area (Å²) in [6.45, 7) is 13.5. The van der Waals surface area contributed by atoms with Crippen molar-refractivity contribution in [2.75, 3.05) is 16.8 Å². The number of anilines is 2. The molecule has 1 aliphatic rings. The van der Waals surface area contributed by atoms with E-state index in [0.29, 0.717) is 0 Å². The smallest absolute Gasteiger partial charge is 0.266 e. The highest BCUT2D eigenvalue weighted by Gasteiger charge is 2.30. The number of carbonyl (C=O) groups excluding carboxylic acids is 1. The number of nitrogens with zero attached hydrogens (tertiary/aromatic N) is 2. The van der Waals surface area contributed by atoms with Crippen LogP contribution in [-0.2, 0) is 4.79 Å². The Morgan fingerprint density at radius 1 is 1.20 bits per heavy atom. The van der Waals surface area contributed by atoms with E-state index in [4.69, 9.17) is 0 Å². The lowest BCUT2D eigenvalue weighted by Gasteiger charge is -2.42. The number of nitrogens with one attached hydrogen (secondary N) is 1. The molecule has 4 heteroatoms. The van der Waals surface area contributed by atoms with E-state index < -0.39 is 5.91 Å². The molecule has 0 fully saturated rings. The highest BCUT2D eigenvalue weighted by Crippen LogP contribution is 2.39. The summed E-state index contributed by atoms with van der Waals surface area (Å²) >= 11 is 0. The molecule has 0 saturated carbocycles. The normalized spacial score (nSPS) is 15.2. The van der Waals surface area contributed by atoms with Gasteiger partial charge in [0.2, 0.25) is 0 Å². The summed E-state index contributed by atoms with van der Waals surface area (Å²) in [5, 5.41) is 12.5. The zero-order valence-corrected chi connectivity index (χ0v) is 18.6. The predicted octanol–water partition coefficient (Wildman–Crippen LogP) is 5.87. The Morgan fingerprint density at radius 2 is 1.93 bits per heavy atom. The van der Waals surface area contributed by atoms with Gasteiger partial charge in [0, 0.05) is 23.5 Å². The molecular formula is C26H29N3O. The summed E-state index contributed by atoms with van der Waals surface area (Å²) in [6, 6.07) is 13.9. The fourth-order valence-corrected chi connectivity index (χ4v) is 4.16. The van der Waals surface area contributed by atoms with Crippen LogP contribution in [0, 0.1) is 25.2 Å². The Morgan fingerprint density at radius 3 is 2.60 bits per heavy atom. The van der Waals surface area contributed by atoms with Crippen LogP contribution in [0.2, 0.25) is 0 Å². The first kappa shape index (κ1) is 21.4. The van der Waals surface area contributed by atoms with E-state index in [0.717, 1.165) is 34.5 Å². The number of amides is 1. The molecule has 4 nitrogen and oxygen atoms in total. The van der Waals surface area contributed by atoms with E-state index in [9.17, 15) is 10.1 Å². The zero-order valence-electron chi connectivity index (χ0n) is 18.6. The minimum Gasteiger partial charge on any atom is -0.363 e. The molecule has 0 radical (unpaired) electrons. The molecule has 1 aliphatic heterocycles. The monoisotopic (exact) mass is 399 g/mol. The maximum atomic E-state index is 12.7. The van der Waals surface area contributed by atoms with Gasteiger partial charge in [-0.15, -0.1) is 0 Å². The van der Waals surface area contributed by atoms with Crippen LogP contribution in [0.1, 0.15) is 49.9 Å². The second-order valence-electron chi connectivity index (χ2n) is 8.37. The quantitative estimate of drug-likeness (QED) is 0.517. The van der Waals surface area contributed by atoms with Crippen molar-refractivity contribution >= 4 is 28.9 Å². The van der Waals surface area contributed by atoms with Crippen molar-refractivity contribution in [2.24, 2.45) is 0 Å². The number of nitriles is 1. The van der Waals surface area contributed by atoms with Crippen LogP contribution in [0.3, 0.4) is 0 Å². The number of likely N-dealkylation sites (N-methyl/N-ethyl adjacent to an activating group) is 1. The number of aryl methyl sites for hydroxylation is 1. The van der Waals surface area contributed by atoms with Crippen molar-refractivity contribution in [3.8, 4) is 6.07 Å². The van der Waals surface area contributed by atoms with Crippen molar-refractivity contribution in [3.05, 3.63) is 70.3 Å². The molecule has 3 rings (SSSR count). The average Bonchev–Trinajstić information content (AvgIpc) is 2.69. The number of rotatable bonds is 4. The minimum atomic E-state index is -0.396. The van der Waals surface area contributed by atoms with Crippen molar-refractivity contribution in [1.29, 1.82) is 5.26 Å². The molecule has 30 heavy (non-hydrogen) atoms. The molecular weight excluding hydrogens is 370 g/mol. The van der Waals surface area contributed by atoms with Gasteiger partial charge in [-0.1, -0.05) is 24.3 Å². The van der Waals surface area contributed by atoms with Crippen LogP contribution in [0.25, 0.3) is 11.6 Å². The fraction of sp³-hybridized carbons (Fsp3) is 0.308. The van der Waals surface area contributed by atoms with E-state index in [1.54, 1.807) is 6.08 Å². The molecule has 0 saturated heterocycles. The van der Waals surface area contributed by atoms with Crippen LogP contribution < -0.4 is 10.2 Å². The van der Waals surface area contributed by atoms with Gasteiger partial charge in [0.05, 0.1) is 5.54 Å². The Kier molecular flexibility index (Phi) is 5.85. The Hall–Kier alpha value is -3.32. The lowest BCUT2D eigenvalue weighted by atomic mass is 9.88. The molecule has 0 bridgehead atoms. The fourth-order valence-electron chi connectivity index (χ4n) is 4.16. The number of allylic oxidation sites excluding steroid dienone is 1. The number of hydrogen-bond acceptors (Lipinski definition) is 3. The Bertz CT molecular complexity index is 1100. The number of carbonyl (C=O) groups is 1. The van der Waals surface area contributed by atoms with Gasteiger partial charge in [-0.2, -0.15) is 5.26 Å². The number of hydrogen-bond donors (Lipinski definition) is 1. The average molecular weight is 400 g/mol. The molecule has 0 aromatic heterocycles. The number of benzene rings is 2. The molecule has 1 amide bonds. The Labute approximate surface area is 179 Å². The summed E-state index contributed by atoms with van der Waals surface area (Å²) < 4.78 is 0. The van der Waals surface area contributed by atoms with Gasteiger partial charge in [-0.25, -0.2) is 0 Å². The second-order valence-corrected chi connectivity index (χ2v) is 8.37. The highest BCUT2D eigenvalue weighted by atomic mass is 16.1. The van der Waals surface area contributed by atoms with Crippen molar-refractivity contribution in [1.82, 2.24) is 0 Å². The summed E-state index contributed by atoms with van der Waals surface area (Å²) in [6.07, 6.45) is 3.93. The SMILES string of the molecule is CCN1c2ccc(/C=C(\C#N)C(=O)Nc3cccc(C)c3C)cc2C(C)=CC1(C)C. The van der Waals surface area contributed by atoms with E-state index >= 15 is 0 Å². The van der Waals surface area contributed by atoms with E-state index in [1.807, 2.05) is 38.1 Å². The van der Waals surface area contributed by atoms with Crippen molar-refractivity contribution in [2.45, 2.75) is 47.1 Å². The van der Waals surface area contributed by atoms with Gasteiger partial charge in [-0.05, 0) is 88.1 Å². The third-order valence-electron chi connectivity index (χ3n) is 5.85. The van der Waals surface area contributed by atoms with E-state index in [1.165, 1.54) is 11.3 Å². The highest BCUT2D eigenvalue weighted by molar-refractivity contribution is 6.10.